The topological polar surface area (TPSA) is 163 Å². The van der Waals surface area contributed by atoms with E-state index in [1.807, 2.05) is 18.2 Å². The molecular formula is C34H47N5O9. The zero-order valence-corrected chi connectivity index (χ0v) is 28.7. The van der Waals surface area contributed by atoms with Crippen LogP contribution in [0.1, 0.15) is 49.7 Å². The molecule has 0 bridgehead atoms. The molecule has 0 atom stereocenters. The number of pyridine rings is 1. The summed E-state index contributed by atoms with van der Waals surface area (Å²) in [6.07, 6.45) is 0.737. The van der Waals surface area contributed by atoms with Crippen LogP contribution in [0.15, 0.2) is 30.3 Å². The molecule has 0 unspecified atom stereocenters. The molecule has 0 fully saturated rings. The van der Waals surface area contributed by atoms with E-state index < -0.39 is 23.9 Å². The van der Waals surface area contributed by atoms with Gasteiger partial charge in [-0.3, -0.25) is 34.0 Å². The van der Waals surface area contributed by atoms with Crippen LogP contribution < -0.4 is 15.4 Å². The molecule has 2 N–H and O–H groups in total. The molecule has 14 heteroatoms. The zero-order valence-electron chi connectivity index (χ0n) is 28.7. The Hall–Kier alpha value is -4.71. The van der Waals surface area contributed by atoms with Gasteiger partial charge in [0.25, 0.3) is 0 Å². The number of esters is 4. The molecule has 0 saturated heterocycles. The van der Waals surface area contributed by atoms with Crippen molar-refractivity contribution >= 4 is 29.6 Å². The summed E-state index contributed by atoms with van der Waals surface area (Å²) in [6, 6.07) is 9.27. The van der Waals surface area contributed by atoms with Crippen molar-refractivity contribution in [2.24, 2.45) is 5.73 Å². The van der Waals surface area contributed by atoms with Crippen molar-refractivity contribution in [1.82, 2.24) is 14.8 Å². The Morgan fingerprint density at radius 2 is 1.33 bits per heavy atom. The summed E-state index contributed by atoms with van der Waals surface area (Å²) in [7, 11) is 3.78. The maximum absolute atomic E-state index is 12.1. The molecule has 48 heavy (non-hydrogen) atoms. The number of rotatable bonds is 19. The number of carbonyl (C=O) groups is 4. The first-order valence-corrected chi connectivity index (χ1v) is 15.6. The Kier molecular flexibility index (Phi) is 17.4. The van der Waals surface area contributed by atoms with Crippen LogP contribution in [0.3, 0.4) is 0 Å². The molecule has 0 radical (unpaired) electrons. The van der Waals surface area contributed by atoms with Crippen molar-refractivity contribution in [1.29, 1.82) is 0 Å². The van der Waals surface area contributed by atoms with E-state index in [1.54, 1.807) is 17.0 Å². The van der Waals surface area contributed by atoms with Gasteiger partial charge < -0.3 is 34.3 Å². The molecule has 0 spiro atoms. The monoisotopic (exact) mass is 669 g/mol. The van der Waals surface area contributed by atoms with Crippen molar-refractivity contribution in [2.45, 2.75) is 40.3 Å². The van der Waals surface area contributed by atoms with E-state index >= 15 is 0 Å². The molecule has 2 rings (SSSR count). The predicted molar refractivity (Wildman–Crippen MR) is 178 cm³/mol. The minimum Gasteiger partial charge on any atom is -0.491 e. The quantitative estimate of drug-likeness (QED) is 0.0756. The van der Waals surface area contributed by atoms with Gasteiger partial charge in [0.15, 0.2) is 0 Å². The zero-order chi connectivity index (χ0) is 35.5. The fourth-order valence-corrected chi connectivity index (χ4v) is 4.52. The molecule has 262 valence electrons. The fraction of sp³-hybridized carbons (Fsp3) is 0.500. The number of anilines is 1. The average Bonchev–Trinajstić information content (AvgIpc) is 3.07. The minimum absolute atomic E-state index is 0.0780. The molecule has 0 aliphatic rings. The Morgan fingerprint density at radius 3 is 1.85 bits per heavy atom. The molecule has 0 aliphatic carbocycles. The summed E-state index contributed by atoms with van der Waals surface area (Å²) < 4.78 is 25.6. The van der Waals surface area contributed by atoms with Crippen LogP contribution in [0.25, 0.3) is 0 Å². The van der Waals surface area contributed by atoms with Gasteiger partial charge in [0.05, 0.1) is 64.6 Å². The van der Waals surface area contributed by atoms with Gasteiger partial charge in [0.2, 0.25) is 0 Å². The van der Waals surface area contributed by atoms with Crippen molar-refractivity contribution in [3.8, 4) is 17.6 Å². The maximum Gasteiger partial charge on any atom is 0.319 e. The highest BCUT2D eigenvalue weighted by Crippen LogP contribution is 2.29. The highest BCUT2D eigenvalue weighted by molar-refractivity contribution is 5.75. The lowest BCUT2D eigenvalue weighted by Gasteiger charge is -2.24. The standard InChI is InChI=1S/C34H47N5O9/c1-7-39(8-2)30-18-26(12-13-31(30)47-15-9-14-35)10-11-27-16-28(19-37(21-32(41)44-4)22-33(42)45-5)36-29(17-27)20-38(23-34(43)46-6)24-48-25(3)40/h12-13,16-18H,7-9,14-15,19-24,35H2,1-6H3. The van der Waals surface area contributed by atoms with Gasteiger partial charge in [-0.2, -0.15) is 0 Å². The summed E-state index contributed by atoms with van der Waals surface area (Å²) in [6.45, 7) is 7.46. The lowest BCUT2D eigenvalue weighted by molar-refractivity contribution is -0.151. The van der Waals surface area contributed by atoms with E-state index in [0.29, 0.717) is 30.1 Å². The van der Waals surface area contributed by atoms with Gasteiger partial charge in [0.1, 0.15) is 12.5 Å². The third-order valence-electron chi connectivity index (χ3n) is 6.91. The van der Waals surface area contributed by atoms with Crippen molar-refractivity contribution in [2.75, 3.05) is 78.8 Å². The third kappa shape index (κ3) is 14.0. The maximum atomic E-state index is 12.1. The molecule has 2 aromatic rings. The largest absolute Gasteiger partial charge is 0.491 e. The van der Waals surface area contributed by atoms with E-state index in [0.717, 1.165) is 36.5 Å². The molecule has 0 amide bonds. The van der Waals surface area contributed by atoms with Crippen LogP contribution in [0.5, 0.6) is 5.75 Å². The van der Waals surface area contributed by atoms with Crippen LogP contribution in [-0.4, -0.2) is 113 Å². The number of ether oxygens (including phenoxy) is 5. The smallest absolute Gasteiger partial charge is 0.319 e. The first-order valence-electron chi connectivity index (χ1n) is 15.6. The van der Waals surface area contributed by atoms with E-state index in [9.17, 15) is 19.2 Å². The molecule has 1 aromatic heterocycles. The van der Waals surface area contributed by atoms with Crippen molar-refractivity contribution < 1.29 is 42.9 Å². The van der Waals surface area contributed by atoms with Gasteiger partial charge in [-0.25, -0.2) is 0 Å². The molecule has 0 aliphatic heterocycles. The number of hydrogen-bond donors (Lipinski definition) is 1. The number of methoxy groups -OCH3 is 3. The number of nitrogens with two attached hydrogens (primary N) is 1. The second-order valence-electron chi connectivity index (χ2n) is 10.6. The average molecular weight is 670 g/mol. The Bertz CT molecular complexity index is 1420. The van der Waals surface area contributed by atoms with Gasteiger partial charge in [-0.15, -0.1) is 0 Å². The van der Waals surface area contributed by atoms with E-state index in [1.165, 1.54) is 33.2 Å². The summed E-state index contributed by atoms with van der Waals surface area (Å²) in [5.74, 6) is 5.06. The first kappa shape index (κ1) is 39.5. The second-order valence-corrected chi connectivity index (χ2v) is 10.6. The molecule has 1 heterocycles. The number of hydrogen-bond acceptors (Lipinski definition) is 14. The van der Waals surface area contributed by atoms with E-state index in [4.69, 9.17) is 34.4 Å². The lowest BCUT2D eigenvalue weighted by Crippen LogP contribution is -2.35. The Morgan fingerprint density at radius 1 is 0.792 bits per heavy atom. The minimum atomic E-state index is -0.542. The van der Waals surface area contributed by atoms with Gasteiger partial charge in [-0.1, -0.05) is 11.8 Å². The SMILES string of the molecule is CCN(CC)c1cc(C#Cc2cc(CN(COC(C)=O)CC(=O)OC)nc(CN(CC(=O)OC)CC(=O)OC)c2)ccc1OCCCN. The number of benzene rings is 1. The van der Waals surface area contributed by atoms with E-state index in [-0.39, 0.29) is 39.5 Å². The molecule has 1 aromatic carbocycles. The van der Waals surface area contributed by atoms with Crippen LogP contribution in [0, 0.1) is 11.8 Å². The summed E-state index contributed by atoms with van der Waals surface area (Å²) in [4.78, 5) is 57.9. The van der Waals surface area contributed by atoms with Crippen molar-refractivity contribution in [3.05, 3.63) is 52.8 Å². The Balaban J connectivity index is 2.58. The van der Waals surface area contributed by atoms with Crippen LogP contribution >= 0.6 is 0 Å². The predicted octanol–water partition coefficient (Wildman–Crippen LogP) is 1.70. The van der Waals surface area contributed by atoms with Gasteiger partial charge in [0, 0.05) is 44.2 Å². The Labute approximate surface area is 282 Å². The molecule has 14 nitrogen and oxygen atoms in total. The second kappa shape index (κ2) is 21.2. The number of aromatic nitrogens is 1. The van der Waals surface area contributed by atoms with Crippen molar-refractivity contribution in [3.63, 3.8) is 0 Å². The third-order valence-corrected chi connectivity index (χ3v) is 6.91. The number of nitrogens with zero attached hydrogens (tertiary/aromatic N) is 4. The molecular weight excluding hydrogens is 622 g/mol. The first-order chi connectivity index (χ1) is 23.0. The van der Waals surface area contributed by atoms with Crippen LogP contribution in [-0.2, 0) is 51.2 Å². The highest BCUT2D eigenvalue weighted by atomic mass is 16.5. The van der Waals surface area contributed by atoms with Gasteiger partial charge in [-0.05, 0) is 57.1 Å². The van der Waals surface area contributed by atoms with Crippen LogP contribution in [0.4, 0.5) is 5.69 Å². The van der Waals surface area contributed by atoms with E-state index in [2.05, 4.69) is 30.6 Å². The molecule has 0 saturated carbocycles. The summed E-state index contributed by atoms with van der Waals surface area (Å²) in [5, 5.41) is 0. The highest BCUT2D eigenvalue weighted by Gasteiger charge is 2.19. The lowest BCUT2D eigenvalue weighted by atomic mass is 10.1. The normalized spacial score (nSPS) is 10.6. The fourth-order valence-electron chi connectivity index (χ4n) is 4.52. The van der Waals surface area contributed by atoms with Crippen LogP contribution in [0.2, 0.25) is 0 Å². The summed E-state index contributed by atoms with van der Waals surface area (Å²) >= 11 is 0. The van der Waals surface area contributed by atoms with Gasteiger partial charge >= 0.3 is 23.9 Å². The summed E-state index contributed by atoms with van der Waals surface area (Å²) in [5.41, 5.74) is 8.89. The number of carbonyl (C=O) groups excluding carboxylic acids is 4.